The van der Waals surface area contributed by atoms with Gasteiger partial charge < -0.3 is 16.0 Å². The van der Waals surface area contributed by atoms with Crippen LogP contribution in [0.3, 0.4) is 0 Å². The number of hydrogen-bond acceptors (Lipinski definition) is 3. The lowest BCUT2D eigenvalue weighted by molar-refractivity contribution is -0.117. The molecule has 126 valence electrons. The summed E-state index contributed by atoms with van der Waals surface area (Å²) in [4.78, 5) is 23.5. The van der Waals surface area contributed by atoms with E-state index in [1.54, 1.807) is 0 Å². The van der Waals surface area contributed by atoms with Crippen molar-refractivity contribution in [3.8, 4) is 0 Å². The van der Waals surface area contributed by atoms with Gasteiger partial charge in [-0.2, -0.15) is 0 Å². The van der Waals surface area contributed by atoms with Gasteiger partial charge in [-0.1, -0.05) is 13.0 Å². The highest BCUT2D eigenvalue weighted by Gasteiger charge is 2.22. The van der Waals surface area contributed by atoms with E-state index in [1.165, 1.54) is 19.8 Å². The molecule has 3 N–H and O–H groups in total. The first-order valence-electron chi connectivity index (χ1n) is 8.35. The largest absolute Gasteiger partial charge is 0.326 e. The molecule has 5 heteroatoms. The Balaban J connectivity index is 1.95. The Morgan fingerprint density at radius 1 is 1.30 bits per heavy atom. The summed E-state index contributed by atoms with van der Waals surface area (Å²) in [5, 5.41) is 9.17. The van der Waals surface area contributed by atoms with Gasteiger partial charge >= 0.3 is 0 Å². The predicted molar refractivity (Wildman–Crippen MR) is 93.5 cm³/mol. The van der Waals surface area contributed by atoms with Gasteiger partial charge in [-0.05, 0) is 62.4 Å². The van der Waals surface area contributed by atoms with Crippen LogP contribution in [0.25, 0.3) is 0 Å². The Morgan fingerprint density at radius 2 is 2.00 bits per heavy atom. The van der Waals surface area contributed by atoms with E-state index >= 15 is 0 Å². The summed E-state index contributed by atoms with van der Waals surface area (Å²) >= 11 is 0. The van der Waals surface area contributed by atoms with Gasteiger partial charge in [-0.25, -0.2) is 0 Å². The first kappa shape index (κ1) is 17.5. The maximum atomic E-state index is 12.3. The fourth-order valence-electron chi connectivity index (χ4n) is 3.12. The average molecular weight is 317 g/mol. The molecule has 2 unspecified atom stereocenters. The zero-order chi connectivity index (χ0) is 16.8. The Kier molecular flexibility index (Phi) is 6.16. The molecule has 0 aliphatic carbocycles. The van der Waals surface area contributed by atoms with E-state index in [1.807, 2.05) is 25.1 Å². The van der Waals surface area contributed by atoms with Crippen LogP contribution in [-0.4, -0.2) is 24.9 Å². The van der Waals surface area contributed by atoms with Crippen molar-refractivity contribution in [2.75, 3.05) is 23.7 Å². The SMILES string of the molecule is CC(=O)Nc1cccc(NC(=O)CC(C)C2CCCNC2)c1C. The molecule has 0 radical (unpaired) electrons. The topological polar surface area (TPSA) is 70.2 Å². The first-order chi connectivity index (χ1) is 11.0. The summed E-state index contributed by atoms with van der Waals surface area (Å²) in [6, 6.07) is 5.54. The zero-order valence-corrected chi connectivity index (χ0v) is 14.2. The molecular weight excluding hydrogens is 290 g/mol. The number of anilines is 2. The minimum absolute atomic E-state index is 0.0335. The fourth-order valence-corrected chi connectivity index (χ4v) is 3.12. The highest BCUT2D eigenvalue weighted by Crippen LogP contribution is 2.26. The maximum Gasteiger partial charge on any atom is 0.224 e. The van der Waals surface area contributed by atoms with E-state index in [0.29, 0.717) is 18.3 Å². The number of nitrogens with one attached hydrogen (secondary N) is 3. The van der Waals surface area contributed by atoms with E-state index in [0.717, 1.165) is 30.0 Å². The van der Waals surface area contributed by atoms with Gasteiger partial charge in [-0.15, -0.1) is 0 Å². The number of hydrogen-bond donors (Lipinski definition) is 3. The van der Waals surface area contributed by atoms with E-state index in [-0.39, 0.29) is 11.8 Å². The molecule has 0 aromatic heterocycles. The van der Waals surface area contributed by atoms with Crippen LogP contribution in [0.1, 0.15) is 38.7 Å². The maximum absolute atomic E-state index is 12.3. The molecule has 1 aliphatic rings. The molecule has 1 aliphatic heterocycles. The van der Waals surface area contributed by atoms with Crippen molar-refractivity contribution in [2.24, 2.45) is 11.8 Å². The molecule has 0 spiro atoms. The van der Waals surface area contributed by atoms with Gasteiger partial charge in [0.25, 0.3) is 0 Å². The van der Waals surface area contributed by atoms with Crippen LogP contribution in [0.15, 0.2) is 18.2 Å². The van der Waals surface area contributed by atoms with Crippen molar-refractivity contribution in [2.45, 2.75) is 40.0 Å². The van der Waals surface area contributed by atoms with Crippen molar-refractivity contribution >= 4 is 23.2 Å². The minimum Gasteiger partial charge on any atom is -0.326 e. The lowest BCUT2D eigenvalue weighted by Gasteiger charge is -2.28. The van der Waals surface area contributed by atoms with Crippen molar-refractivity contribution in [1.29, 1.82) is 0 Å². The number of piperidine rings is 1. The molecule has 0 saturated carbocycles. The summed E-state index contributed by atoms with van der Waals surface area (Å²) in [6.07, 6.45) is 2.91. The summed E-state index contributed by atoms with van der Waals surface area (Å²) in [5.74, 6) is 0.851. The van der Waals surface area contributed by atoms with Crippen molar-refractivity contribution < 1.29 is 9.59 Å². The lowest BCUT2D eigenvalue weighted by atomic mass is 9.85. The second kappa shape index (κ2) is 8.11. The summed E-state index contributed by atoms with van der Waals surface area (Å²) in [5.41, 5.74) is 2.37. The second-order valence-electron chi connectivity index (χ2n) is 6.50. The molecule has 1 saturated heterocycles. The highest BCUT2D eigenvalue weighted by atomic mass is 16.2. The zero-order valence-electron chi connectivity index (χ0n) is 14.2. The van der Waals surface area contributed by atoms with Gasteiger partial charge in [0.2, 0.25) is 11.8 Å². The summed E-state index contributed by atoms with van der Waals surface area (Å²) in [7, 11) is 0. The van der Waals surface area contributed by atoms with E-state index < -0.39 is 0 Å². The lowest BCUT2D eigenvalue weighted by Crippen LogP contribution is -2.34. The highest BCUT2D eigenvalue weighted by molar-refractivity contribution is 5.95. The van der Waals surface area contributed by atoms with Crippen molar-refractivity contribution in [1.82, 2.24) is 5.32 Å². The third kappa shape index (κ3) is 5.06. The van der Waals surface area contributed by atoms with Gasteiger partial charge in [0.05, 0.1) is 0 Å². The van der Waals surface area contributed by atoms with Gasteiger partial charge in [0.1, 0.15) is 0 Å². The van der Waals surface area contributed by atoms with Crippen LogP contribution < -0.4 is 16.0 Å². The number of rotatable bonds is 5. The van der Waals surface area contributed by atoms with E-state index in [4.69, 9.17) is 0 Å². The second-order valence-corrected chi connectivity index (χ2v) is 6.50. The number of benzene rings is 1. The van der Waals surface area contributed by atoms with E-state index in [9.17, 15) is 9.59 Å². The van der Waals surface area contributed by atoms with Crippen LogP contribution in [0.2, 0.25) is 0 Å². The molecule has 2 rings (SSSR count). The third-order valence-corrected chi connectivity index (χ3v) is 4.57. The van der Waals surface area contributed by atoms with Gasteiger partial charge in [0, 0.05) is 24.7 Å². The molecule has 1 aromatic rings. The van der Waals surface area contributed by atoms with Gasteiger partial charge in [0.15, 0.2) is 0 Å². The molecule has 1 fully saturated rings. The van der Waals surface area contributed by atoms with Crippen LogP contribution >= 0.6 is 0 Å². The molecular formula is C18H27N3O2. The molecule has 1 aromatic carbocycles. The monoisotopic (exact) mass is 317 g/mol. The average Bonchev–Trinajstić information content (AvgIpc) is 2.51. The van der Waals surface area contributed by atoms with Crippen molar-refractivity contribution in [3.63, 3.8) is 0 Å². The van der Waals surface area contributed by atoms with E-state index in [2.05, 4.69) is 22.9 Å². The Labute approximate surface area is 138 Å². The summed E-state index contributed by atoms with van der Waals surface area (Å²) in [6.45, 7) is 7.62. The normalized spacial score (nSPS) is 19.0. The Morgan fingerprint density at radius 3 is 2.61 bits per heavy atom. The Bertz CT molecular complexity index is 565. The molecule has 1 heterocycles. The molecule has 2 amide bonds. The quantitative estimate of drug-likeness (QED) is 0.782. The number of carbonyl (C=O) groups excluding carboxylic acids is 2. The van der Waals surface area contributed by atoms with Crippen LogP contribution in [0.4, 0.5) is 11.4 Å². The van der Waals surface area contributed by atoms with Crippen LogP contribution in [-0.2, 0) is 9.59 Å². The van der Waals surface area contributed by atoms with Crippen LogP contribution in [0, 0.1) is 18.8 Å². The molecule has 2 atom stereocenters. The minimum atomic E-state index is -0.116. The predicted octanol–water partition coefficient (Wildman–Crippen LogP) is 2.92. The van der Waals surface area contributed by atoms with Crippen LogP contribution in [0.5, 0.6) is 0 Å². The Hall–Kier alpha value is -1.88. The first-order valence-corrected chi connectivity index (χ1v) is 8.35. The smallest absolute Gasteiger partial charge is 0.224 e. The molecule has 0 bridgehead atoms. The standard InChI is InChI=1S/C18H27N3O2/c1-12(15-6-5-9-19-11-15)10-18(23)21-17-8-4-7-16(13(17)2)20-14(3)22/h4,7-8,12,15,19H,5-6,9-11H2,1-3H3,(H,20,22)(H,21,23). The third-order valence-electron chi connectivity index (χ3n) is 4.57. The summed E-state index contributed by atoms with van der Waals surface area (Å²) < 4.78 is 0. The van der Waals surface area contributed by atoms with Crippen molar-refractivity contribution in [3.05, 3.63) is 23.8 Å². The molecule has 5 nitrogen and oxygen atoms in total. The fraction of sp³-hybridized carbons (Fsp3) is 0.556. The number of amides is 2. The van der Waals surface area contributed by atoms with Gasteiger partial charge in [-0.3, -0.25) is 9.59 Å². The number of carbonyl (C=O) groups is 2. The molecule has 23 heavy (non-hydrogen) atoms.